The first kappa shape index (κ1) is 15.8. The third-order valence-corrected chi connectivity index (χ3v) is 4.32. The van der Waals surface area contributed by atoms with Crippen LogP contribution in [0.5, 0.6) is 0 Å². The van der Waals surface area contributed by atoms with Crippen molar-refractivity contribution in [2.24, 2.45) is 0 Å². The molecule has 0 amide bonds. The maximum atomic E-state index is 12.9. The number of halogens is 2. The monoisotopic (exact) mass is 319 g/mol. The predicted octanol–water partition coefficient (Wildman–Crippen LogP) is 3.52. The molecule has 0 saturated carbocycles. The molecular formula is C17H19F2N3O. The molecule has 122 valence electrons. The molecule has 0 bridgehead atoms. The van der Waals surface area contributed by atoms with Crippen LogP contribution >= 0.6 is 0 Å². The fourth-order valence-corrected chi connectivity index (χ4v) is 3.12. The van der Waals surface area contributed by atoms with Gasteiger partial charge in [0, 0.05) is 30.4 Å². The van der Waals surface area contributed by atoms with Crippen LogP contribution in [0.4, 0.5) is 8.78 Å². The number of Topliss-reactive ketones (excluding diaryl/α,β-unsaturated/α-hetero) is 1. The Labute approximate surface area is 133 Å². The fourth-order valence-electron chi connectivity index (χ4n) is 3.12. The maximum Gasteiger partial charge on any atom is 0.319 e. The van der Waals surface area contributed by atoms with Crippen molar-refractivity contribution in [2.75, 3.05) is 6.54 Å². The lowest BCUT2D eigenvalue weighted by molar-refractivity contribution is 0.0628. The number of likely N-dealkylation sites (tertiary alicyclic amines) is 1. The zero-order valence-corrected chi connectivity index (χ0v) is 12.7. The van der Waals surface area contributed by atoms with E-state index in [1.165, 1.54) is 12.4 Å². The largest absolute Gasteiger partial charge is 0.319 e. The predicted molar refractivity (Wildman–Crippen MR) is 82.3 cm³/mol. The summed E-state index contributed by atoms with van der Waals surface area (Å²) in [5.74, 6) is 0.443. The zero-order chi connectivity index (χ0) is 16.2. The van der Waals surface area contributed by atoms with Crippen LogP contribution in [0.3, 0.4) is 0 Å². The molecule has 0 radical (unpaired) electrons. The molecule has 0 aliphatic carbocycles. The standard InChI is InChI=1S/C17H19F2N3O/c18-17(19)22-10-8-20-16(22)12-21-9-4-7-14(21)11-15(23)13-5-2-1-3-6-13/h1-3,5-6,8,10,14,17H,4,7,9,11-12H2/t14-/m1/s1. The van der Waals surface area contributed by atoms with Crippen LogP contribution in [0.15, 0.2) is 42.7 Å². The van der Waals surface area contributed by atoms with Crippen molar-refractivity contribution in [3.8, 4) is 0 Å². The third-order valence-electron chi connectivity index (χ3n) is 4.32. The summed E-state index contributed by atoms with van der Waals surface area (Å²) >= 11 is 0. The molecule has 1 fully saturated rings. The van der Waals surface area contributed by atoms with Crippen LogP contribution in [0, 0.1) is 0 Å². The molecular weight excluding hydrogens is 300 g/mol. The first-order valence-corrected chi connectivity index (χ1v) is 7.77. The van der Waals surface area contributed by atoms with E-state index in [9.17, 15) is 13.6 Å². The number of rotatable bonds is 6. The molecule has 0 N–H and O–H groups in total. The second kappa shape index (κ2) is 7.00. The summed E-state index contributed by atoms with van der Waals surface area (Å²) in [4.78, 5) is 18.5. The summed E-state index contributed by atoms with van der Waals surface area (Å²) < 4.78 is 26.7. The van der Waals surface area contributed by atoms with Crippen molar-refractivity contribution in [1.29, 1.82) is 0 Å². The van der Waals surface area contributed by atoms with Crippen molar-refractivity contribution in [1.82, 2.24) is 14.5 Å². The first-order chi connectivity index (χ1) is 11.1. The number of hydrogen-bond acceptors (Lipinski definition) is 3. The van der Waals surface area contributed by atoms with Gasteiger partial charge in [-0.1, -0.05) is 30.3 Å². The average Bonchev–Trinajstić information content (AvgIpc) is 3.18. The maximum absolute atomic E-state index is 12.9. The molecule has 0 spiro atoms. The third kappa shape index (κ3) is 3.64. The van der Waals surface area contributed by atoms with E-state index in [0.717, 1.165) is 24.0 Å². The van der Waals surface area contributed by atoms with Gasteiger partial charge in [-0.25, -0.2) is 4.98 Å². The number of carbonyl (C=O) groups excluding carboxylic acids is 1. The van der Waals surface area contributed by atoms with E-state index in [1.807, 2.05) is 30.3 Å². The van der Waals surface area contributed by atoms with Crippen molar-refractivity contribution in [2.45, 2.75) is 38.4 Å². The molecule has 4 nitrogen and oxygen atoms in total. The second-order valence-electron chi connectivity index (χ2n) is 5.79. The number of benzene rings is 1. The van der Waals surface area contributed by atoms with Gasteiger partial charge in [0.1, 0.15) is 5.82 Å². The average molecular weight is 319 g/mol. The van der Waals surface area contributed by atoms with Crippen LogP contribution in [-0.2, 0) is 6.54 Å². The minimum Gasteiger partial charge on any atom is -0.294 e. The van der Waals surface area contributed by atoms with E-state index in [0.29, 0.717) is 24.4 Å². The van der Waals surface area contributed by atoms with Gasteiger partial charge in [-0.3, -0.25) is 14.3 Å². The molecule has 1 aliphatic heterocycles. The smallest absolute Gasteiger partial charge is 0.294 e. The molecule has 1 aromatic carbocycles. The molecule has 2 aromatic rings. The van der Waals surface area contributed by atoms with Gasteiger partial charge in [-0.15, -0.1) is 0 Å². The summed E-state index contributed by atoms with van der Waals surface area (Å²) in [6, 6.07) is 9.28. The van der Waals surface area contributed by atoms with Gasteiger partial charge in [0.25, 0.3) is 0 Å². The van der Waals surface area contributed by atoms with Crippen LogP contribution in [0.25, 0.3) is 0 Å². The van der Waals surface area contributed by atoms with E-state index in [2.05, 4.69) is 9.88 Å². The Balaban J connectivity index is 1.66. The molecule has 6 heteroatoms. The molecule has 2 heterocycles. The fraction of sp³-hybridized carbons (Fsp3) is 0.412. The van der Waals surface area contributed by atoms with Crippen LogP contribution in [-0.4, -0.2) is 32.8 Å². The molecule has 1 atom stereocenters. The molecule has 23 heavy (non-hydrogen) atoms. The Bertz CT molecular complexity index is 657. The highest BCUT2D eigenvalue weighted by Crippen LogP contribution is 2.24. The second-order valence-corrected chi connectivity index (χ2v) is 5.79. The Morgan fingerprint density at radius 2 is 2.09 bits per heavy atom. The number of imidazole rings is 1. The topological polar surface area (TPSA) is 38.1 Å². The zero-order valence-electron chi connectivity index (χ0n) is 12.7. The van der Waals surface area contributed by atoms with Gasteiger partial charge in [0.05, 0.1) is 6.54 Å². The highest BCUT2D eigenvalue weighted by molar-refractivity contribution is 5.96. The summed E-state index contributed by atoms with van der Waals surface area (Å²) in [6.07, 6.45) is 4.98. The van der Waals surface area contributed by atoms with Crippen LogP contribution in [0.1, 0.15) is 42.0 Å². The number of ketones is 1. The summed E-state index contributed by atoms with van der Waals surface area (Å²) in [5.41, 5.74) is 0.702. The van der Waals surface area contributed by atoms with Gasteiger partial charge in [-0.2, -0.15) is 8.78 Å². The van der Waals surface area contributed by atoms with Gasteiger partial charge in [0.2, 0.25) is 0 Å². The van der Waals surface area contributed by atoms with E-state index in [4.69, 9.17) is 0 Å². The normalized spacial score (nSPS) is 18.7. The van der Waals surface area contributed by atoms with Gasteiger partial charge >= 0.3 is 6.55 Å². The van der Waals surface area contributed by atoms with Gasteiger partial charge < -0.3 is 0 Å². The van der Waals surface area contributed by atoms with Crippen LogP contribution < -0.4 is 0 Å². The Kier molecular flexibility index (Phi) is 4.81. The van der Waals surface area contributed by atoms with E-state index in [-0.39, 0.29) is 11.8 Å². The molecule has 1 saturated heterocycles. The van der Waals surface area contributed by atoms with Crippen molar-refractivity contribution >= 4 is 5.78 Å². The lowest BCUT2D eigenvalue weighted by atomic mass is 10.0. The summed E-state index contributed by atoms with van der Waals surface area (Å²) in [5, 5.41) is 0. The molecule has 1 aliphatic rings. The number of aromatic nitrogens is 2. The Hall–Kier alpha value is -2.08. The Morgan fingerprint density at radius 3 is 2.83 bits per heavy atom. The lowest BCUT2D eigenvalue weighted by Crippen LogP contribution is -2.32. The lowest BCUT2D eigenvalue weighted by Gasteiger charge is -2.24. The molecule has 3 rings (SSSR count). The van der Waals surface area contributed by atoms with Crippen molar-refractivity contribution in [3.05, 3.63) is 54.1 Å². The minimum atomic E-state index is -2.58. The number of carbonyl (C=O) groups is 1. The highest BCUT2D eigenvalue weighted by atomic mass is 19.3. The van der Waals surface area contributed by atoms with E-state index in [1.54, 1.807) is 0 Å². The summed E-state index contributed by atoms with van der Waals surface area (Å²) in [6.45, 7) is -1.42. The van der Waals surface area contributed by atoms with E-state index < -0.39 is 6.55 Å². The summed E-state index contributed by atoms with van der Waals surface area (Å²) in [7, 11) is 0. The minimum absolute atomic E-state index is 0.0885. The van der Waals surface area contributed by atoms with E-state index >= 15 is 0 Å². The quantitative estimate of drug-likeness (QED) is 0.765. The van der Waals surface area contributed by atoms with Crippen molar-refractivity contribution in [3.63, 3.8) is 0 Å². The van der Waals surface area contributed by atoms with Gasteiger partial charge in [-0.05, 0) is 19.4 Å². The highest BCUT2D eigenvalue weighted by Gasteiger charge is 2.28. The first-order valence-electron chi connectivity index (χ1n) is 7.77. The number of hydrogen-bond donors (Lipinski definition) is 0. The van der Waals surface area contributed by atoms with Crippen LogP contribution in [0.2, 0.25) is 0 Å². The molecule has 1 aromatic heterocycles. The number of nitrogens with zero attached hydrogens (tertiary/aromatic N) is 3. The number of alkyl halides is 2. The van der Waals surface area contributed by atoms with Gasteiger partial charge in [0.15, 0.2) is 5.78 Å². The molecule has 0 unspecified atom stereocenters. The SMILES string of the molecule is O=C(C[C@H]1CCCN1Cc1nccn1C(F)F)c1ccccc1. The van der Waals surface area contributed by atoms with Crippen molar-refractivity contribution < 1.29 is 13.6 Å². The Morgan fingerprint density at radius 1 is 1.30 bits per heavy atom.